The predicted octanol–water partition coefficient (Wildman–Crippen LogP) is 5.11. The molecule has 0 amide bonds. The van der Waals surface area contributed by atoms with E-state index in [1.807, 2.05) is 41.2 Å². The van der Waals surface area contributed by atoms with E-state index in [2.05, 4.69) is 44.1 Å². The lowest BCUT2D eigenvalue weighted by Crippen LogP contribution is -2.05. The van der Waals surface area contributed by atoms with Gasteiger partial charge in [-0.15, -0.1) is 10.2 Å². The molecule has 0 spiro atoms. The fraction of sp³-hybridized carbons (Fsp3) is 0.227. The monoisotopic (exact) mass is 439 g/mol. The van der Waals surface area contributed by atoms with Crippen LogP contribution in [0.5, 0.6) is 0 Å². The summed E-state index contributed by atoms with van der Waals surface area (Å²) in [6.45, 7) is 1.45. The van der Waals surface area contributed by atoms with Gasteiger partial charge in [-0.1, -0.05) is 47.6 Å². The largest absolute Gasteiger partial charge is 0.385 e. The maximum absolute atomic E-state index is 6.41. The molecule has 2 aromatic heterocycles. The second kappa shape index (κ2) is 9.93. The Morgan fingerprint density at radius 2 is 1.87 bits per heavy atom. The SMILES string of the molecule is COCCCn1c(SCc2ccc(-n3cccn3)cc2)nnc1-c1ccccc1Cl. The van der Waals surface area contributed by atoms with E-state index in [1.54, 1.807) is 25.1 Å². The molecule has 0 bridgehead atoms. The van der Waals surface area contributed by atoms with Crippen molar-refractivity contribution in [2.24, 2.45) is 0 Å². The third-order valence-electron chi connectivity index (χ3n) is 4.64. The molecular formula is C22H22ClN5OS. The summed E-state index contributed by atoms with van der Waals surface area (Å²) in [6, 6.07) is 18.0. The number of hydrogen-bond donors (Lipinski definition) is 0. The van der Waals surface area contributed by atoms with Gasteiger partial charge in [0, 0.05) is 44.0 Å². The first-order valence-corrected chi connectivity index (χ1v) is 11.0. The minimum atomic E-state index is 0.670. The van der Waals surface area contributed by atoms with Crippen molar-refractivity contribution in [3.8, 4) is 17.1 Å². The molecule has 6 nitrogen and oxygen atoms in total. The zero-order valence-electron chi connectivity index (χ0n) is 16.6. The molecule has 4 aromatic rings. The number of thioether (sulfide) groups is 1. The van der Waals surface area contributed by atoms with Crippen molar-refractivity contribution in [3.05, 3.63) is 77.6 Å². The average Bonchev–Trinajstić information content (AvgIpc) is 3.44. The molecular weight excluding hydrogens is 418 g/mol. The number of aromatic nitrogens is 5. The maximum atomic E-state index is 6.41. The van der Waals surface area contributed by atoms with Gasteiger partial charge in [-0.05, 0) is 42.3 Å². The van der Waals surface area contributed by atoms with Gasteiger partial charge in [0.2, 0.25) is 0 Å². The van der Waals surface area contributed by atoms with Crippen molar-refractivity contribution < 1.29 is 4.74 Å². The summed E-state index contributed by atoms with van der Waals surface area (Å²) in [4.78, 5) is 0. The Morgan fingerprint density at radius 1 is 1.03 bits per heavy atom. The summed E-state index contributed by atoms with van der Waals surface area (Å²) in [7, 11) is 1.71. The number of nitrogens with zero attached hydrogens (tertiary/aromatic N) is 5. The number of benzene rings is 2. The topological polar surface area (TPSA) is 57.8 Å². The molecule has 0 unspecified atom stereocenters. The Hall–Kier alpha value is -2.61. The first-order valence-electron chi connectivity index (χ1n) is 9.65. The van der Waals surface area contributed by atoms with Crippen molar-refractivity contribution in [2.75, 3.05) is 13.7 Å². The van der Waals surface area contributed by atoms with Crippen molar-refractivity contribution in [1.82, 2.24) is 24.5 Å². The minimum absolute atomic E-state index is 0.670. The molecule has 0 radical (unpaired) electrons. The molecule has 30 heavy (non-hydrogen) atoms. The van der Waals surface area contributed by atoms with Crippen molar-refractivity contribution in [1.29, 1.82) is 0 Å². The van der Waals surface area contributed by atoms with E-state index in [4.69, 9.17) is 16.3 Å². The van der Waals surface area contributed by atoms with Crippen LogP contribution in [0.25, 0.3) is 17.1 Å². The van der Waals surface area contributed by atoms with Crippen LogP contribution >= 0.6 is 23.4 Å². The number of halogens is 1. The summed E-state index contributed by atoms with van der Waals surface area (Å²) in [5.74, 6) is 1.58. The fourth-order valence-electron chi connectivity index (χ4n) is 3.12. The summed E-state index contributed by atoms with van der Waals surface area (Å²) in [6.07, 6.45) is 4.58. The summed E-state index contributed by atoms with van der Waals surface area (Å²) < 4.78 is 9.20. The highest BCUT2D eigenvalue weighted by molar-refractivity contribution is 7.98. The lowest BCUT2D eigenvalue weighted by molar-refractivity contribution is 0.189. The number of ether oxygens (including phenoxy) is 1. The molecule has 4 rings (SSSR count). The van der Waals surface area contributed by atoms with Gasteiger partial charge in [0.1, 0.15) is 0 Å². The molecule has 0 fully saturated rings. The molecule has 0 aliphatic heterocycles. The van der Waals surface area contributed by atoms with Crippen LogP contribution in [0.3, 0.4) is 0 Å². The van der Waals surface area contributed by atoms with Crippen molar-refractivity contribution in [3.63, 3.8) is 0 Å². The fourth-order valence-corrected chi connectivity index (χ4v) is 4.26. The number of rotatable bonds is 9. The van der Waals surface area contributed by atoms with E-state index in [0.717, 1.165) is 41.0 Å². The van der Waals surface area contributed by atoms with Gasteiger partial charge in [0.15, 0.2) is 11.0 Å². The molecule has 8 heteroatoms. The molecule has 2 heterocycles. The highest BCUT2D eigenvalue weighted by atomic mass is 35.5. The summed E-state index contributed by atoms with van der Waals surface area (Å²) in [5.41, 5.74) is 3.14. The normalized spacial score (nSPS) is 11.1. The van der Waals surface area contributed by atoms with E-state index >= 15 is 0 Å². The molecule has 0 aliphatic carbocycles. The van der Waals surface area contributed by atoms with Crippen LogP contribution in [0, 0.1) is 0 Å². The molecule has 0 saturated carbocycles. The first kappa shape index (κ1) is 20.7. The first-order chi connectivity index (χ1) is 14.8. The second-order valence-corrected chi connectivity index (χ2v) is 8.04. The van der Waals surface area contributed by atoms with Gasteiger partial charge in [0.05, 0.1) is 10.7 Å². The number of hydrogen-bond acceptors (Lipinski definition) is 5. The van der Waals surface area contributed by atoms with Crippen LogP contribution in [0.4, 0.5) is 0 Å². The Morgan fingerprint density at radius 3 is 2.60 bits per heavy atom. The third-order valence-corrected chi connectivity index (χ3v) is 6.00. The van der Waals surface area contributed by atoms with Crippen LogP contribution in [-0.4, -0.2) is 38.3 Å². The van der Waals surface area contributed by atoms with Gasteiger partial charge in [0.25, 0.3) is 0 Å². The lowest BCUT2D eigenvalue weighted by Gasteiger charge is -2.11. The van der Waals surface area contributed by atoms with Crippen LogP contribution in [-0.2, 0) is 17.0 Å². The minimum Gasteiger partial charge on any atom is -0.385 e. The summed E-state index contributed by atoms with van der Waals surface area (Å²) >= 11 is 8.08. The molecule has 2 aromatic carbocycles. The quantitative estimate of drug-likeness (QED) is 0.268. The lowest BCUT2D eigenvalue weighted by atomic mass is 10.2. The van der Waals surface area contributed by atoms with Gasteiger partial charge in [-0.25, -0.2) is 4.68 Å². The van der Waals surface area contributed by atoms with Gasteiger partial charge in [-0.3, -0.25) is 0 Å². The standard InChI is InChI=1S/C22H22ClN5OS/c1-29-15-5-13-27-21(19-6-2-3-7-20(19)23)25-26-22(27)30-16-17-8-10-18(11-9-17)28-14-4-12-24-28/h2-4,6-12,14H,5,13,15-16H2,1H3. The Labute approximate surface area is 184 Å². The molecule has 0 aliphatic rings. The third kappa shape index (κ3) is 4.75. The zero-order valence-corrected chi connectivity index (χ0v) is 18.2. The second-order valence-electron chi connectivity index (χ2n) is 6.69. The van der Waals surface area contributed by atoms with E-state index < -0.39 is 0 Å². The highest BCUT2D eigenvalue weighted by Gasteiger charge is 2.16. The maximum Gasteiger partial charge on any atom is 0.191 e. The molecule has 0 saturated heterocycles. The van der Waals surface area contributed by atoms with Gasteiger partial charge in [-0.2, -0.15) is 5.10 Å². The van der Waals surface area contributed by atoms with E-state index in [-0.39, 0.29) is 0 Å². The Balaban J connectivity index is 1.52. The van der Waals surface area contributed by atoms with Gasteiger partial charge < -0.3 is 9.30 Å². The van der Waals surface area contributed by atoms with E-state index in [0.29, 0.717) is 11.6 Å². The molecule has 0 N–H and O–H groups in total. The zero-order chi connectivity index (χ0) is 20.8. The van der Waals surface area contributed by atoms with Crippen LogP contribution < -0.4 is 0 Å². The van der Waals surface area contributed by atoms with E-state index in [9.17, 15) is 0 Å². The predicted molar refractivity (Wildman–Crippen MR) is 120 cm³/mol. The van der Waals surface area contributed by atoms with E-state index in [1.165, 1.54) is 5.56 Å². The van der Waals surface area contributed by atoms with Crippen LogP contribution in [0.2, 0.25) is 5.02 Å². The van der Waals surface area contributed by atoms with Crippen molar-refractivity contribution in [2.45, 2.75) is 23.9 Å². The Kier molecular flexibility index (Phi) is 6.84. The van der Waals surface area contributed by atoms with Crippen LogP contribution in [0.15, 0.2) is 72.1 Å². The van der Waals surface area contributed by atoms with Crippen molar-refractivity contribution >= 4 is 23.4 Å². The number of methoxy groups -OCH3 is 1. The van der Waals surface area contributed by atoms with Crippen LogP contribution in [0.1, 0.15) is 12.0 Å². The Bertz CT molecular complexity index is 1080. The highest BCUT2D eigenvalue weighted by Crippen LogP contribution is 2.30. The van der Waals surface area contributed by atoms with Gasteiger partial charge >= 0.3 is 0 Å². The average molecular weight is 440 g/mol. The smallest absolute Gasteiger partial charge is 0.191 e. The summed E-state index contributed by atoms with van der Waals surface area (Å²) in [5, 5.41) is 14.7. The molecule has 154 valence electrons. The molecule has 0 atom stereocenters.